The summed E-state index contributed by atoms with van der Waals surface area (Å²) >= 11 is 0. The van der Waals surface area contributed by atoms with E-state index in [0.29, 0.717) is 0 Å². The smallest absolute Gasteiger partial charge is 0.0465 e. The molecular weight excluding hydrogens is 494 g/mol. The normalized spacial score (nSPS) is 13.7. The summed E-state index contributed by atoms with van der Waals surface area (Å²) in [5.41, 5.74) is 17.9. The van der Waals surface area contributed by atoms with E-state index in [2.05, 4.69) is 151 Å². The van der Waals surface area contributed by atoms with Gasteiger partial charge in [-0.15, -0.1) is 0 Å². The van der Waals surface area contributed by atoms with Crippen LogP contribution in [-0.4, -0.2) is 4.98 Å². The lowest BCUT2D eigenvalue weighted by Crippen LogP contribution is -1.92. The largest absolute Gasteiger partial charge is 0.355 e. The van der Waals surface area contributed by atoms with Crippen LogP contribution in [0.3, 0.4) is 0 Å². The molecule has 1 heterocycles. The van der Waals surface area contributed by atoms with E-state index in [1.807, 2.05) is 0 Å². The summed E-state index contributed by atoms with van der Waals surface area (Å²) in [6, 6.07) is 53.0. The van der Waals surface area contributed by atoms with Gasteiger partial charge in [-0.1, -0.05) is 121 Å². The van der Waals surface area contributed by atoms with Gasteiger partial charge in [0.15, 0.2) is 0 Å². The van der Waals surface area contributed by atoms with Gasteiger partial charge in [0.2, 0.25) is 0 Å². The number of H-pyrrole nitrogens is 1. The lowest BCUT2D eigenvalue weighted by atomic mass is 9.91. The van der Waals surface area contributed by atoms with Crippen LogP contribution in [0.25, 0.3) is 55.2 Å². The van der Waals surface area contributed by atoms with Gasteiger partial charge in [-0.25, -0.2) is 0 Å². The highest BCUT2D eigenvalue weighted by Gasteiger charge is 2.37. The molecule has 190 valence electrons. The second kappa shape index (κ2) is 8.55. The van der Waals surface area contributed by atoms with Gasteiger partial charge in [0.25, 0.3) is 0 Å². The van der Waals surface area contributed by atoms with E-state index in [-0.39, 0.29) is 0 Å². The number of hydrogen-bond donors (Lipinski definition) is 1. The molecule has 0 aliphatic heterocycles. The number of aromatic amines is 1. The van der Waals surface area contributed by atoms with Crippen LogP contribution in [-0.2, 0) is 0 Å². The van der Waals surface area contributed by atoms with Crippen molar-refractivity contribution in [3.05, 3.63) is 179 Å². The molecule has 0 bridgehead atoms. The van der Waals surface area contributed by atoms with Crippen molar-refractivity contribution in [2.24, 2.45) is 0 Å². The summed E-state index contributed by atoms with van der Waals surface area (Å²) in [5.74, 6) is 0. The molecule has 2 aliphatic carbocycles. The van der Waals surface area contributed by atoms with Gasteiger partial charge >= 0.3 is 0 Å². The monoisotopic (exact) mass is 519 g/mol. The maximum atomic E-state index is 3.66. The van der Waals surface area contributed by atoms with Gasteiger partial charge < -0.3 is 4.98 Å². The van der Waals surface area contributed by atoms with Crippen molar-refractivity contribution < 1.29 is 0 Å². The first kappa shape index (κ1) is 22.4. The summed E-state index contributed by atoms with van der Waals surface area (Å²) < 4.78 is 0. The molecule has 1 nitrogen and oxygen atoms in total. The summed E-state index contributed by atoms with van der Waals surface area (Å²) in [4.78, 5) is 3.66. The van der Waals surface area contributed by atoms with Crippen molar-refractivity contribution in [1.82, 2.24) is 4.98 Å². The van der Waals surface area contributed by atoms with Gasteiger partial charge in [-0.3, -0.25) is 0 Å². The number of aromatic nitrogens is 1. The quantitative estimate of drug-likeness (QED) is 0.239. The van der Waals surface area contributed by atoms with Crippen LogP contribution in [0.1, 0.15) is 33.4 Å². The summed E-state index contributed by atoms with van der Waals surface area (Å²) in [5, 5.41) is 2.51. The fourth-order valence-electron chi connectivity index (χ4n) is 6.96. The average Bonchev–Trinajstić information content (AvgIpc) is 3.69. The number of fused-ring (bicyclic) bond motifs is 8. The zero-order valence-corrected chi connectivity index (χ0v) is 22.4. The first-order valence-electron chi connectivity index (χ1n) is 14.2. The zero-order valence-electron chi connectivity index (χ0n) is 22.4. The molecule has 9 rings (SSSR count). The molecule has 0 atom stereocenters. The third-order valence-electron chi connectivity index (χ3n) is 8.74. The number of allylic oxidation sites excluding steroid dienone is 2. The minimum atomic E-state index is 1.17. The van der Waals surface area contributed by atoms with E-state index < -0.39 is 0 Å². The third kappa shape index (κ3) is 3.24. The molecule has 0 spiro atoms. The first-order valence-corrected chi connectivity index (χ1v) is 14.2. The lowest BCUT2D eigenvalue weighted by molar-refractivity contribution is 1.52. The van der Waals surface area contributed by atoms with Crippen molar-refractivity contribution in [2.45, 2.75) is 0 Å². The maximum Gasteiger partial charge on any atom is 0.0465 e. The van der Waals surface area contributed by atoms with E-state index in [1.165, 1.54) is 88.6 Å². The summed E-state index contributed by atoms with van der Waals surface area (Å²) in [6.45, 7) is 0. The predicted molar refractivity (Wildman–Crippen MR) is 172 cm³/mol. The molecule has 0 radical (unpaired) electrons. The highest BCUT2D eigenvalue weighted by Crippen LogP contribution is 2.58. The Morgan fingerprint density at radius 3 is 1.27 bits per heavy atom. The maximum absolute atomic E-state index is 3.66. The molecule has 41 heavy (non-hydrogen) atoms. The highest BCUT2D eigenvalue weighted by atomic mass is 14.7. The summed E-state index contributed by atoms with van der Waals surface area (Å²) in [6.07, 6.45) is 0. The Bertz CT molecular complexity index is 2230. The Kier molecular flexibility index (Phi) is 4.67. The van der Waals surface area contributed by atoms with Crippen molar-refractivity contribution >= 4 is 44.1 Å². The first-order chi connectivity index (χ1) is 20.3. The Labute approximate surface area is 238 Å². The second-order valence-corrected chi connectivity index (χ2v) is 11.0. The molecule has 6 aromatic carbocycles. The van der Waals surface area contributed by atoms with Crippen molar-refractivity contribution in [2.75, 3.05) is 0 Å². The van der Waals surface area contributed by atoms with E-state index >= 15 is 0 Å². The van der Waals surface area contributed by atoms with Crippen LogP contribution >= 0.6 is 0 Å². The number of hydrogen-bond acceptors (Lipinski definition) is 0. The van der Waals surface area contributed by atoms with E-state index in [4.69, 9.17) is 0 Å². The lowest BCUT2D eigenvalue weighted by Gasteiger charge is -2.12. The topological polar surface area (TPSA) is 15.8 Å². The zero-order chi connectivity index (χ0) is 26.9. The van der Waals surface area contributed by atoms with Crippen LogP contribution in [0, 0.1) is 0 Å². The van der Waals surface area contributed by atoms with Crippen LogP contribution in [0.2, 0.25) is 0 Å². The van der Waals surface area contributed by atoms with Gasteiger partial charge in [0.1, 0.15) is 0 Å². The molecular formula is C40H25N. The van der Waals surface area contributed by atoms with Crippen LogP contribution in [0.5, 0.6) is 0 Å². The molecule has 0 fully saturated rings. The van der Waals surface area contributed by atoms with Crippen molar-refractivity contribution in [3.63, 3.8) is 0 Å². The molecule has 7 aromatic rings. The highest BCUT2D eigenvalue weighted by molar-refractivity contribution is 6.35. The third-order valence-corrected chi connectivity index (χ3v) is 8.74. The number of benzene rings is 6. The van der Waals surface area contributed by atoms with E-state index in [1.54, 1.807) is 0 Å². The molecule has 2 aliphatic rings. The van der Waals surface area contributed by atoms with Crippen LogP contribution < -0.4 is 0 Å². The molecule has 1 N–H and O–H groups in total. The Balaban J connectivity index is 1.33. The van der Waals surface area contributed by atoms with Gasteiger partial charge in [-0.05, 0) is 91.1 Å². The van der Waals surface area contributed by atoms with Crippen molar-refractivity contribution in [3.8, 4) is 11.1 Å². The SMILES string of the molecule is c1ccc(C2=C3C(=C(c4ccc5[nH]c6ccc(-c7ccccc7)cc6c5c4)c4ccccc43)c3ccccc32)cc1. The fraction of sp³-hybridized carbons (Fsp3) is 0. The van der Waals surface area contributed by atoms with Gasteiger partial charge in [0, 0.05) is 21.8 Å². The second-order valence-electron chi connectivity index (χ2n) is 11.0. The molecule has 0 saturated heterocycles. The molecule has 1 heteroatoms. The number of rotatable bonds is 3. The van der Waals surface area contributed by atoms with Crippen LogP contribution in [0.15, 0.2) is 146 Å². The Morgan fingerprint density at radius 2 is 0.707 bits per heavy atom. The summed E-state index contributed by atoms with van der Waals surface area (Å²) in [7, 11) is 0. The molecule has 0 saturated carbocycles. The average molecular weight is 520 g/mol. The Hall–Kier alpha value is -5.40. The van der Waals surface area contributed by atoms with E-state index in [0.717, 1.165) is 0 Å². The van der Waals surface area contributed by atoms with Gasteiger partial charge in [0.05, 0.1) is 0 Å². The molecule has 0 unspecified atom stereocenters. The Morgan fingerprint density at radius 1 is 0.293 bits per heavy atom. The van der Waals surface area contributed by atoms with Crippen LogP contribution in [0.4, 0.5) is 0 Å². The molecule has 1 aromatic heterocycles. The minimum Gasteiger partial charge on any atom is -0.355 e. The van der Waals surface area contributed by atoms with Crippen molar-refractivity contribution in [1.29, 1.82) is 0 Å². The fourth-order valence-corrected chi connectivity index (χ4v) is 6.96. The minimum absolute atomic E-state index is 1.17. The molecule has 0 amide bonds. The number of nitrogens with one attached hydrogen (secondary N) is 1. The van der Waals surface area contributed by atoms with E-state index in [9.17, 15) is 0 Å². The predicted octanol–water partition coefficient (Wildman–Crippen LogP) is 10.2. The standard InChI is InChI=1S/C40H25N/c1-3-11-25(12-4-1)27-19-21-35-33(23-27)34-24-28(20-22-36(34)41-35)38-30-16-8-10-18-32(30)39-37(26-13-5-2-6-14-26)29-15-7-9-17-31(29)40(38)39/h1-24,41H. The van der Waals surface area contributed by atoms with Gasteiger partial charge in [-0.2, -0.15) is 0 Å².